The van der Waals surface area contributed by atoms with Gasteiger partial charge in [-0.25, -0.2) is 0 Å². The molecule has 0 radical (unpaired) electrons. The van der Waals surface area contributed by atoms with Crippen molar-refractivity contribution in [2.24, 2.45) is 5.92 Å². The first-order chi connectivity index (χ1) is 15.2. The molecule has 0 saturated carbocycles. The Morgan fingerprint density at radius 3 is 2.81 bits per heavy atom. The van der Waals surface area contributed by atoms with Crippen LogP contribution in [-0.2, 0) is 4.79 Å². The van der Waals surface area contributed by atoms with Gasteiger partial charge in [-0.15, -0.1) is 0 Å². The lowest BCUT2D eigenvalue weighted by atomic mass is 9.96. The van der Waals surface area contributed by atoms with Crippen LogP contribution in [-0.4, -0.2) is 34.8 Å². The summed E-state index contributed by atoms with van der Waals surface area (Å²) in [7, 11) is 0. The third-order valence-corrected chi connectivity index (χ3v) is 5.82. The van der Waals surface area contributed by atoms with Crippen molar-refractivity contribution < 1.29 is 14.0 Å². The van der Waals surface area contributed by atoms with Crippen LogP contribution in [0.4, 0.5) is 5.69 Å². The second-order valence-electron chi connectivity index (χ2n) is 7.94. The summed E-state index contributed by atoms with van der Waals surface area (Å²) in [6.45, 7) is 1.07. The topological polar surface area (TPSA) is 78.3 Å². The van der Waals surface area contributed by atoms with Crippen molar-refractivity contribution in [1.29, 1.82) is 0 Å². The zero-order valence-corrected chi connectivity index (χ0v) is 17.0. The van der Waals surface area contributed by atoms with E-state index in [0.717, 1.165) is 40.7 Å². The molecule has 1 aliphatic heterocycles. The van der Waals surface area contributed by atoms with Gasteiger partial charge in [0.05, 0.1) is 17.7 Å². The number of carbonyl (C=O) groups excluding carboxylic acids is 2. The fraction of sp³-hybridized carbons (Fsp3) is 0.200. The molecule has 0 unspecified atom stereocenters. The van der Waals surface area contributed by atoms with Crippen molar-refractivity contribution >= 4 is 28.4 Å². The molecular formula is C25H23N3O3. The summed E-state index contributed by atoms with van der Waals surface area (Å²) in [6.07, 6.45) is 4.50. The second-order valence-corrected chi connectivity index (χ2v) is 7.94. The van der Waals surface area contributed by atoms with E-state index in [4.69, 9.17) is 4.42 Å². The molecule has 1 atom stereocenters. The van der Waals surface area contributed by atoms with Crippen LogP contribution in [0.2, 0.25) is 0 Å². The summed E-state index contributed by atoms with van der Waals surface area (Å²) >= 11 is 0. The third-order valence-electron chi connectivity index (χ3n) is 5.82. The van der Waals surface area contributed by atoms with E-state index in [1.54, 1.807) is 11.0 Å². The molecule has 2 amide bonds. The highest BCUT2D eigenvalue weighted by Crippen LogP contribution is 2.27. The summed E-state index contributed by atoms with van der Waals surface area (Å²) in [5.41, 5.74) is 4.37. The number of nitrogens with one attached hydrogen (secondary N) is 2. The minimum atomic E-state index is -0.235. The number of anilines is 1. The van der Waals surface area contributed by atoms with Crippen LogP contribution >= 0.6 is 0 Å². The number of aromatic nitrogens is 1. The zero-order chi connectivity index (χ0) is 21.2. The van der Waals surface area contributed by atoms with Gasteiger partial charge in [-0.2, -0.15) is 0 Å². The van der Waals surface area contributed by atoms with Crippen molar-refractivity contribution in [3.05, 3.63) is 78.8 Å². The molecule has 5 rings (SSSR count). The van der Waals surface area contributed by atoms with Crippen LogP contribution in [0.5, 0.6) is 0 Å². The maximum absolute atomic E-state index is 12.9. The molecular weight excluding hydrogens is 390 g/mol. The zero-order valence-electron chi connectivity index (χ0n) is 17.0. The molecule has 1 fully saturated rings. The first-order valence-corrected chi connectivity index (χ1v) is 10.5. The SMILES string of the molecule is O=C(Nc1cccc(-c2cc3ccccc3[nH]2)c1)[C@H]1CCCN(C(=O)c2ccoc2)C1. The van der Waals surface area contributed by atoms with E-state index in [1.807, 2.05) is 42.5 Å². The highest BCUT2D eigenvalue weighted by atomic mass is 16.3. The fourth-order valence-corrected chi connectivity index (χ4v) is 4.18. The minimum absolute atomic E-state index is 0.0570. The largest absolute Gasteiger partial charge is 0.472 e. The van der Waals surface area contributed by atoms with E-state index in [1.165, 1.54) is 12.5 Å². The highest BCUT2D eigenvalue weighted by molar-refractivity contribution is 5.96. The van der Waals surface area contributed by atoms with Crippen LogP contribution in [0.15, 0.2) is 77.6 Å². The average molecular weight is 413 g/mol. The van der Waals surface area contributed by atoms with Crippen molar-refractivity contribution in [2.75, 3.05) is 18.4 Å². The number of para-hydroxylation sites is 1. The van der Waals surface area contributed by atoms with E-state index in [2.05, 4.69) is 22.4 Å². The first-order valence-electron chi connectivity index (χ1n) is 10.5. The number of nitrogens with zero attached hydrogens (tertiary/aromatic N) is 1. The molecule has 2 aromatic heterocycles. The third kappa shape index (κ3) is 3.97. The van der Waals surface area contributed by atoms with E-state index in [-0.39, 0.29) is 17.7 Å². The molecule has 4 aromatic rings. The number of carbonyl (C=O) groups is 2. The number of benzene rings is 2. The number of rotatable bonds is 4. The van der Waals surface area contributed by atoms with Crippen LogP contribution in [0.25, 0.3) is 22.2 Å². The lowest BCUT2D eigenvalue weighted by molar-refractivity contribution is -0.121. The lowest BCUT2D eigenvalue weighted by Crippen LogP contribution is -2.43. The van der Waals surface area contributed by atoms with Crippen LogP contribution in [0, 0.1) is 5.92 Å². The van der Waals surface area contributed by atoms with Gasteiger partial charge in [0.25, 0.3) is 5.91 Å². The smallest absolute Gasteiger partial charge is 0.257 e. The molecule has 0 aliphatic carbocycles. The molecule has 6 heteroatoms. The highest BCUT2D eigenvalue weighted by Gasteiger charge is 2.29. The van der Waals surface area contributed by atoms with E-state index >= 15 is 0 Å². The molecule has 2 N–H and O–H groups in total. The monoisotopic (exact) mass is 413 g/mol. The van der Waals surface area contributed by atoms with Crippen LogP contribution in [0.3, 0.4) is 0 Å². The Morgan fingerprint density at radius 1 is 1.06 bits per heavy atom. The van der Waals surface area contributed by atoms with Gasteiger partial charge in [-0.3, -0.25) is 9.59 Å². The maximum atomic E-state index is 12.9. The standard InChI is InChI=1S/C25H23N3O3/c29-24(19-7-4-11-28(15-19)25(30)20-10-12-31-16-20)26-21-8-3-6-17(13-21)23-14-18-5-1-2-9-22(18)27-23/h1-3,5-6,8-10,12-14,16,19,27H,4,7,11,15H2,(H,26,29)/t19-/m0/s1. The van der Waals surface area contributed by atoms with Crippen molar-refractivity contribution in [1.82, 2.24) is 9.88 Å². The molecule has 31 heavy (non-hydrogen) atoms. The van der Waals surface area contributed by atoms with Crippen LogP contribution in [0.1, 0.15) is 23.2 Å². The number of fused-ring (bicyclic) bond motifs is 1. The summed E-state index contributed by atoms with van der Waals surface area (Å²) in [5, 5.41) is 4.19. The first kappa shape index (κ1) is 19.2. The van der Waals surface area contributed by atoms with E-state index < -0.39 is 0 Å². The number of hydrogen-bond acceptors (Lipinski definition) is 3. The molecule has 6 nitrogen and oxygen atoms in total. The number of likely N-dealkylation sites (tertiary alicyclic amines) is 1. The number of piperidine rings is 1. The Labute approximate surface area is 179 Å². The van der Waals surface area contributed by atoms with Gasteiger partial charge in [0.15, 0.2) is 0 Å². The predicted molar refractivity (Wildman–Crippen MR) is 120 cm³/mol. The minimum Gasteiger partial charge on any atom is -0.472 e. The van der Waals surface area contributed by atoms with Gasteiger partial charge in [-0.1, -0.05) is 30.3 Å². The second kappa shape index (κ2) is 8.14. The van der Waals surface area contributed by atoms with E-state index in [9.17, 15) is 9.59 Å². The average Bonchev–Trinajstić information content (AvgIpc) is 3.49. The van der Waals surface area contributed by atoms with Gasteiger partial charge in [-0.05, 0) is 43.2 Å². The summed E-state index contributed by atoms with van der Waals surface area (Å²) in [6, 6.07) is 19.7. The number of H-pyrrole nitrogens is 1. The van der Waals surface area contributed by atoms with Crippen molar-refractivity contribution in [3.8, 4) is 11.3 Å². The van der Waals surface area contributed by atoms with Gasteiger partial charge < -0.3 is 19.6 Å². The van der Waals surface area contributed by atoms with E-state index in [0.29, 0.717) is 18.7 Å². The summed E-state index contributed by atoms with van der Waals surface area (Å²) in [4.78, 5) is 30.7. The quantitative estimate of drug-likeness (QED) is 0.498. The van der Waals surface area contributed by atoms with Crippen molar-refractivity contribution in [3.63, 3.8) is 0 Å². The Bertz CT molecular complexity index is 1190. The molecule has 2 aromatic carbocycles. The Hall–Kier alpha value is -3.80. The molecule has 1 aliphatic rings. The summed E-state index contributed by atoms with van der Waals surface area (Å²) in [5.74, 6) is -0.383. The molecule has 3 heterocycles. The fourth-order valence-electron chi connectivity index (χ4n) is 4.18. The maximum Gasteiger partial charge on any atom is 0.257 e. The van der Waals surface area contributed by atoms with Gasteiger partial charge in [0.1, 0.15) is 6.26 Å². The predicted octanol–water partition coefficient (Wildman–Crippen LogP) is 4.92. The number of aromatic amines is 1. The van der Waals surface area contributed by atoms with Gasteiger partial charge in [0, 0.05) is 40.9 Å². The normalized spacial score (nSPS) is 16.4. The number of hydrogen-bond donors (Lipinski definition) is 2. The number of furan rings is 1. The van der Waals surface area contributed by atoms with Gasteiger partial charge >= 0.3 is 0 Å². The molecule has 0 bridgehead atoms. The molecule has 0 spiro atoms. The van der Waals surface area contributed by atoms with Crippen molar-refractivity contribution in [2.45, 2.75) is 12.8 Å². The van der Waals surface area contributed by atoms with Crippen LogP contribution < -0.4 is 5.32 Å². The Kier molecular flexibility index (Phi) is 5.04. The Morgan fingerprint density at radius 2 is 1.97 bits per heavy atom. The molecule has 1 saturated heterocycles. The van der Waals surface area contributed by atoms with Gasteiger partial charge in [0.2, 0.25) is 5.91 Å². The Balaban J connectivity index is 1.29. The number of amides is 2. The lowest BCUT2D eigenvalue weighted by Gasteiger charge is -2.31. The summed E-state index contributed by atoms with van der Waals surface area (Å²) < 4.78 is 5.02. The molecule has 156 valence electrons.